The molecule has 5 nitrogen and oxygen atoms in total. The van der Waals surface area contributed by atoms with Gasteiger partial charge in [0.1, 0.15) is 5.54 Å². The monoisotopic (exact) mass is 249 g/mol. The van der Waals surface area contributed by atoms with E-state index in [1.54, 1.807) is 0 Å². The van der Waals surface area contributed by atoms with E-state index in [4.69, 9.17) is 5.53 Å². The van der Waals surface area contributed by atoms with Gasteiger partial charge in [-0.2, -0.15) is 5.26 Å². The standard InChI is InChI=1S/C13H23N5/c1-11(2)12-4-6-13(10-14,7-5-12)16-8-3-9-17-18-15/h11-12,16H,3-9H2,1-2H3. The molecule has 1 rings (SSSR count). The molecule has 100 valence electrons. The Labute approximate surface area is 109 Å². The van der Waals surface area contributed by atoms with E-state index < -0.39 is 0 Å². The summed E-state index contributed by atoms with van der Waals surface area (Å²) < 4.78 is 0. The first-order valence-corrected chi connectivity index (χ1v) is 6.81. The summed E-state index contributed by atoms with van der Waals surface area (Å²) in [5.41, 5.74) is 7.83. The van der Waals surface area contributed by atoms with Gasteiger partial charge >= 0.3 is 0 Å². The second-order valence-electron chi connectivity index (χ2n) is 5.51. The Hall–Kier alpha value is -1.24. The Morgan fingerprint density at radius 1 is 1.50 bits per heavy atom. The lowest BCUT2D eigenvalue weighted by atomic mass is 9.73. The van der Waals surface area contributed by atoms with Crippen molar-refractivity contribution in [3.63, 3.8) is 0 Å². The number of nitrogens with one attached hydrogen (secondary N) is 1. The van der Waals surface area contributed by atoms with Crippen molar-refractivity contribution >= 4 is 0 Å². The molecule has 0 aliphatic heterocycles. The van der Waals surface area contributed by atoms with Crippen molar-refractivity contribution in [2.75, 3.05) is 13.1 Å². The zero-order valence-corrected chi connectivity index (χ0v) is 11.4. The minimum absolute atomic E-state index is 0.345. The predicted molar refractivity (Wildman–Crippen MR) is 71.8 cm³/mol. The molecule has 5 heteroatoms. The summed E-state index contributed by atoms with van der Waals surface area (Å²) in [6.45, 7) is 5.77. The highest BCUT2D eigenvalue weighted by molar-refractivity contribution is 5.09. The van der Waals surface area contributed by atoms with E-state index in [9.17, 15) is 5.26 Å². The molecule has 18 heavy (non-hydrogen) atoms. The van der Waals surface area contributed by atoms with Crippen molar-refractivity contribution in [3.05, 3.63) is 10.4 Å². The van der Waals surface area contributed by atoms with Crippen LogP contribution in [0.1, 0.15) is 46.0 Å². The fraction of sp³-hybridized carbons (Fsp3) is 0.923. The zero-order chi connectivity index (χ0) is 13.4. The van der Waals surface area contributed by atoms with Crippen LogP contribution in [0.25, 0.3) is 10.4 Å². The van der Waals surface area contributed by atoms with Gasteiger partial charge in [0.15, 0.2) is 0 Å². The molecule has 0 amide bonds. The number of nitrogens with zero attached hydrogens (tertiary/aromatic N) is 4. The lowest BCUT2D eigenvalue weighted by Gasteiger charge is -2.37. The van der Waals surface area contributed by atoms with Crippen LogP contribution in [0, 0.1) is 23.2 Å². The van der Waals surface area contributed by atoms with Gasteiger partial charge in [-0.05, 0) is 56.0 Å². The molecule has 1 N–H and O–H groups in total. The molecule has 0 heterocycles. The van der Waals surface area contributed by atoms with E-state index in [-0.39, 0.29) is 5.54 Å². The van der Waals surface area contributed by atoms with Crippen LogP contribution in [-0.4, -0.2) is 18.6 Å². The summed E-state index contributed by atoms with van der Waals surface area (Å²) in [6.07, 6.45) is 4.94. The van der Waals surface area contributed by atoms with Gasteiger partial charge in [-0.1, -0.05) is 19.0 Å². The van der Waals surface area contributed by atoms with Crippen LogP contribution in [0.5, 0.6) is 0 Å². The Bertz CT molecular complexity index is 330. The van der Waals surface area contributed by atoms with E-state index in [1.807, 2.05) is 0 Å². The van der Waals surface area contributed by atoms with Crippen LogP contribution < -0.4 is 5.32 Å². The summed E-state index contributed by atoms with van der Waals surface area (Å²) in [6, 6.07) is 2.45. The van der Waals surface area contributed by atoms with Crippen LogP contribution in [0.2, 0.25) is 0 Å². The van der Waals surface area contributed by atoms with E-state index in [1.165, 1.54) is 0 Å². The van der Waals surface area contributed by atoms with Crippen molar-refractivity contribution in [1.29, 1.82) is 5.26 Å². The summed E-state index contributed by atoms with van der Waals surface area (Å²) >= 11 is 0. The first-order chi connectivity index (χ1) is 8.63. The lowest BCUT2D eigenvalue weighted by molar-refractivity contribution is 0.200. The highest BCUT2D eigenvalue weighted by atomic mass is 15.1. The van der Waals surface area contributed by atoms with Gasteiger partial charge in [-0.25, -0.2) is 0 Å². The number of hydrogen-bond donors (Lipinski definition) is 1. The normalized spacial score (nSPS) is 27.6. The third kappa shape index (κ3) is 4.21. The number of rotatable bonds is 6. The van der Waals surface area contributed by atoms with Crippen LogP contribution in [0.3, 0.4) is 0 Å². The largest absolute Gasteiger partial charge is 0.299 e. The van der Waals surface area contributed by atoms with E-state index >= 15 is 0 Å². The maximum atomic E-state index is 9.37. The van der Waals surface area contributed by atoms with Crippen molar-refractivity contribution in [3.8, 4) is 6.07 Å². The van der Waals surface area contributed by atoms with Crippen LogP contribution >= 0.6 is 0 Å². The van der Waals surface area contributed by atoms with Crippen molar-refractivity contribution in [1.82, 2.24) is 5.32 Å². The minimum Gasteiger partial charge on any atom is -0.299 e. The molecular formula is C13H23N5. The first-order valence-electron chi connectivity index (χ1n) is 6.81. The second-order valence-corrected chi connectivity index (χ2v) is 5.51. The van der Waals surface area contributed by atoms with Crippen molar-refractivity contribution < 1.29 is 0 Å². The van der Waals surface area contributed by atoms with Gasteiger partial charge in [-0.3, -0.25) is 5.32 Å². The molecule has 0 spiro atoms. The van der Waals surface area contributed by atoms with E-state index in [2.05, 4.69) is 35.3 Å². The van der Waals surface area contributed by atoms with Gasteiger partial charge in [0.2, 0.25) is 0 Å². The van der Waals surface area contributed by atoms with E-state index in [0.29, 0.717) is 12.5 Å². The maximum absolute atomic E-state index is 9.37. The van der Waals surface area contributed by atoms with Gasteiger partial charge in [0.25, 0.3) is 0 Å². The topological polar surface area (TPSA) is 84.6 Å². The van der Waals surface area contributed by atoms with Crippen LogP contribution in [-0.2, 0) is 0 Å². The Balaban J connectivity index is 2.37. The molecule has 1 fully saturated rings. The fourth-order valence-electron chi connectivity index (χ4n) is 2.65. The lowest BCUT2D eigenvalue weighted by Crippen LogP contribution is -2.47. The smallest absolute Gasteiger partial charge is 0.106 e. The predicted octanol–water partition coefficient (Wildman–Crippen LogP) is 3.38. The van der Waals surface area contributed by atoms with Gasteiger partial charge in [0.05, 0.1) is 6.07 Å². The summed E-state index contributed by atoms with van der Waals surface area (Å²) in [5.74, 6) is 1.48. The molecule has 0 atom stereocenters. The van der Waals surface area contributed by atoms with Gasteiger partial charge in [0, 0.05) is 11.5 Å². The van der Waals surface area contributed by atoms with Crippen LogP contribution in [0.4, 0.5) is 0 Å². The molecule has 0 saturated heterocycles. The molecule has 0 aromatic heterocycles. The summed E-state index contributed by atoms with van der Waals surface area (Å²) in [4.78, 5) is 2.72. The summed E-state index contributed by atoms with van der Waals surface area (Å²) in [7, 11) is 0. The quantitative estimate of drug-likeness (QED) is 0.338. The second kappa shape index (κ2) is 7.25. The number of azide groups is 1. The van der Waals surface area contributed by atoms with Crippen molar-refractivity contribution in [2.45, 2.75) is 51.5 Å². The Morgan fingerprint density at radius 2 is 2.17 bits per heavy atom. The number of hydrogen-bond acceptors (Lipinski definition) is 3. The Kier molecular flexibility index (Phi) is 5.97. The third-order valence-corrected chi connectivity index (χ3v) is 4.00. The average molecular weight is 249 g/mol. The van der Waals surface area contributed by atoms with Crippen molar-refractivity contribution in [2.24, 2.45) is 17.0 Å². The minimum atomic E-state index is -0.345. The molecule has 0 aromatic rings. The highest BCUT2D eigenvalue weighted by Gasteiger charge is 2.35. The maximum Gasteiger partial charge on any atom is 0.106 e. The summed E-state index contributed by atoms with van der Waals surface area (Å²) in [5, 5.41) is 16.2. The molecule has 0 radical (unpaired) electrons. The van der Waals surface area contributed by atoms with Gasteiger partial charge < -0.3 is 0 Å². The molecule has 0 bridgehead atoms. The number of nitriles is 1. The zero-order valence-electron chi connectivity index (χ0n) is 11.4. The highest BCUT2D eigenvalue weighted by Crippen LogP contribution is 2.35. The molecule has 0 aromatic carbocycles. The molecule has 1 saturated carbocycles. The fourth-order valence-corrected chi connectivity index (χ4v) is 2.65. The first kappa shape index (κ1) is 14.8. The SMILES string of the molecule is CC(C)C1CCC(C#N)(NCCCN=[N+]=[N-])CC1. The Morgan fingerprint density at radius 3 is 2.67 bits per heavy atom. The molecule has 1 aliphatic carbocycles. The molecule has 1 aliphatic rings. The van der Waals surface area contributed by atoms with Gasteiger partial charge in [-0.15, -0.1) is 0 Å². The molecule has 0 unspecified atom stereocenters. The van der Waals surface area contributed by atoms with Crippen LogP contribution in [0.15, 0.2) is 5.11 Å². The molecular weight excluding hydrogens is 226 g/mol. The van der Waals surface area contributed by atoms with E-state index in [0.717, 1.165) is 44.6 Å². The average Bonchev–Trinajstić information content (AvgIpc) is 2.39. The third-order valence-electron chi connectivity index (χ3n) is 4.00.